The van der Waals surface area contributed by atoms with Crippen LogP contribution in [-0.2, 0) is 0 Å². The van der Waals surface area contributed by atoms with Crippen molar-refractivity contribution in [3.63, 3.8) is 0 Å². The number of rotatable bonds is 5. The highest BCUT2D eigenvalue weighted by molar-refractivity contribution is 5.85. The quantitative estimate of drug-likeness (QED) is 0.887. The predicted octanol–water partition coefficient (Wildman–Crippen LogP) is 3.97. The second-order valence-electron chi connectivity index (χ2n) is 6.44. The molecule has 3 rings (SSSR count). The average molecular weight is 268 g/mol. The van der Waals surface area contributed by atoms with Gasteiger partial charge in [-0.1, -0.05) is 32.0 Å². The van der Waals surface area contributed by atoms with E-state index in [0.29, 0.717) is 5.92 Å². The van der Waals surface area contributed by atoms with E-state index >= 15 is 0 Å². The molecule has 1 aliphatic carbocycles. The molecular formula is C18H24N2. The minimum absolute atomic E-state index is 0.711. The van der Waals surface area contributed by atoms with Crippen LogP contribution in [0.3, 0.4) is 0 Å². The number of nitrogens with one attached hydrogen (secondary N) is 1. The summed E-state index contributed by atoms with van der Waals surface area (Å²) in [4.78, 5) is 4.31. The van der Waals surface area contributed by atoms with E-state index in [1.54, 1.807) is 0 Å². The third-order valence-corrected chi connectivity index (χ3v) is 4.49. The molecule has 0 saturated heterocycles. The Morgan fingerprint density at radius 1 is 1.25 bits per heavy atom. The van der Waals surface area contributed by atoms with E-state index in [4.69, 9.17) is 0 Å². The molecule has 0 bridgehead atoms. The first kappa shape index (κ1) is 13.6. The van der Waals surface area contributed by atoms with Crippen LogP contribution in [0, 0.1) is 11.8 Å². The van der Waals surface area contributed by atoms with Gasteiger partial charge in [0.05, 0.1) is 0 Å². The van der Waals surface area contributed by atoms with Crippen LogP contribution >= 0.6 is 0 Å². The van der Waals surface area contributed by atoms with Crippen LogP contribution in [0.15, 0.2) is 36.7 Å². The lowest BCUT2D eigenvalue weighted by atomic mass is 9.69. The van der Waals surface area contributed by atoms with E-state index in [-0.39, 0.29) is 0 Å². The molecular weight excluding hydrogens is 244 g/mol. The Balaban J connectivity index is 1.74. The van der Waals surface area contributed by atoms with Crippen LogP contribution in [0.2, 0.25) is 0 Å². The number of nitrogens with zero attached hydrogens (tertiary/aromatic N) is 1. The zero-order chi connectivity index (χ0) is 13.9. The molecule has 2 nitrogen and oxygen atoms in total. The Morgan fingerprint density at radius 3 is 2.90 bits per heavy atom. The first-order valence-corrected chi connectivity index (χ1v) is 7.79. The van der Waals surface area contributed by atoms with Gasteiger partial charge in [0.25, 0.3) is 0 Å². The standard InChI is InChI=1S/C18H24N2/c1-13(2)10-20-11-15-6-7-16(15)17-5-3-4-14-8-9-19-12-18(14)17/h3-5,8-9,12-13,15-16,20H,6-7,10-11H2,1-2H3. The highest BCUT2D eigenvalue weighted by Crippen LogP contribution is 2.44. The third-order valence-electron chi connectivity index (χ3n) is 4.49. The first-order valence-electron chi connectivity index (χ1n) is 7.79. The lowest BCUT2D eigenvalue weighted by Crippen LogP contribution is -2.35. The Morgan fingerprint density at radius 2 is 2.15 bits per heavy atom. The van der Waals surface area contributed by atoms with E-state index < -0.39 is 0 Å². The minimum Gasteiger partial charge on any atom is -0.316 e. The van der Waals surface area contributed by atoms with Crippen molar-refractivity contribution >= 4 is 10.8 Å². The van der Waals surface area contributed by atoms with E-state index in [2.05, 4.69) is 48.4 Å². The summed E-state index contributed by atoms with van der Waals surface area (Å²) in [5, 5.41) is 6.28. The van der Waals surface area contributed by atoms with Crippen LogP contribution in [0.5, 0.6) is 0 Å². The summed E-state index contributed by atoms with van der Waals surface area (Å²) in [5.41, 5.74) is 1.50. The van der Waals surface area contributed by atoms with Gasteiger partial charge in [-0.3, -0.25) is 4.98 Å². The van der Waals surface area contributed by atoms with Crippen molar-refractivity contribution in [2.24, 2.45) is 11.8 Å². The van der Waals surface area contributed by atoms with Crippen molar-refractivity contribution in [2.75, 3.05) is 13.1 Å². The smallest absolute Gasteiger partial charge is 0.0349 e. The summed E-state index contributed by atoms with van der Waals surface area (Å²) in [6.45, 7) is 6.81. The maximum atomic E-state index is 4.31. The number of hydrogen-bond donors (Lipinski definition) is 1. The number of pyridine rings is 1. The molecule has 2 atom stereocenters. The summed E-state index contributed by atoms with van der Waals surface area (Å²) in [7, 11) is 0. The fraction of sp³-hybridized carbons (Fsp3) is 0.500. The van der Waals surface area contributed by atoms with Crippen LogP contribution < -0.4 is 5.32 Å². The summed E-state index contributed by atoms with van der Waals surface area (Å²) < 4.78 is 0. The number of aromatic nitrogens is 1. The van der Waals surface area contributed by atoms with E-state index in [9.17, 15) is 0 Å². The normalized spacial score (nSPS) is 22.1. The van der Waals surface area contributed by atoms with Gasteiger partial charge < -0.3 is 5.32 Å². The largest absolute Gasteiger partial charge is 0.316 e. The monoisotopic (exact) mass is 268 g/mol. The second-order valence-corrected chi connectivity index (χ2v) is 6.44. The molecule has 1 aliphatic rings. The van der Waals surface area contributed by atoms with Crippen LogP contribution in [0.4, 0.5) is 0 Å². The molecule has 1 aromatic heterocycles. The maximum Gasteiger partial charge on any atom is 0.0349 e. The molecule has 0 aliphatic heterocycles. The molecule has 1 N–H and O–H groups in total. The molecule has 2 aromatic rings. The lowest BCUT2D eigenvalue weighted by Gasteiger charge is -2.38. The van der Waals surface area contributed by atoms with Crippen LogP contribution in [0.1, 0.15) is 38.2 Å². The molecule has 0 radical (unpaired) electrons. The SMILES string of the molecule is CC(C)CNCC1CCC1c1cccc2ccncc12. The molecule has 106 valence electrons. The van der Waals surface area contributed by atoms with Gasteiger partial charge in [-0.25, -0.2) is 0 Å². The zero-order valence-corrected chi connectivity index (χ0v) is 12.5. The van der Waals surface area contributed by atoms with Gasteiger partial charge in [0, 0.05) is 17.8 Å². The number of benzene rings is 1. The lowest BCUT2D eigenvalue weighted by molar-refractivity contribution is 0.244. The summed E-state index contributed by atoms with van der Waals surface area (Å²) >= 11 is 0. The first-order chi connectivity index (χ1) is 9.75. The Labute approximate surface area is 121 Å². The van der Waals surface area contributed by atoms with Crippen molar-refractivity contribution < 1.29 is 0 Å². The molecule has 2 unspecified atom stereocenters. The van der Waals surface area contributed by atoms with E-state index in [1.807, 2.05) is 12.4 Å². The topological polar surface area (TPSA) is 24.9 Å². The summed E-state index contributed by atoms with van der Waals surface area (Å²) in [5.74, 6) is 2.23. The van der Waals surface area contributed by atoms with Crippen molar-refractivity contribution in [2.45, 2.75) is 32.6 Å². The van der Waals surface area contributed by atoms with Crippen LogP contribution in [0.25, 0.3) is 10.8 Å². The molecule has 2 heteroatoms. The van der Waals surface area contributed by atoms with Gasteiger partial charge in [0.1, 0.15) is 0 Å². The molecule has 0 amide bonds. The van der Waals surface area contributed by atoms with Gasteiger partial charge >= 0.3 is 0 Å². The number of fused-ring (bicyclic) bond motifs is 1. The summed E-state index contributed by atoms with van der Waals surface area (Å²) in [6, 6.07) is 8.78. The molecule has 1 aromatic carbocycles. The molecule has 1 saturated carbocycles. The van der Waals surface area contributed by atoms with Crippen molar-refractivity contribution in [1.29, 1.82) is 0 Å². The molecule has 20 heavy (non-hydrogen) atoms. The third kappa shape index (κ3) is 2.71. The Bertz CT molecular complexity index is 571. The van der Waals surface area contributed by atoms with Crippen molar-refractivity contribution in [3.8, 4) is 0 Å². The van der Waals surface area contributed by atoms with Gasteiger partial charge in [-0.05, 0) is 60.7 Å². The Hall–Kier alpha value is -1.41. The second kappa shape index (κ2) is 5.92. The Kier molecular flexibility index (Phi) is 4.02. The maximum absolute atomic E-state index is 4.31. The van der Waals surface area contributed by atoms with Crippen LogP contribution in [-0.4, -0.2) is 18.1 Å². The molecule has 1 heterocycles. The molecule has 1 fully saturated rings. The highest BCUT2D eigenvalue weighted by atomic mass is 14.9. The molecule has 0 spiro atoms. The zero-order valence-electron chi connectivity index (χ0n) is 12.5. The van der Waals surface area contributed by atoms with E-state index in [0.717, 1.165) is 24.9 Å². The fourth-order valence-corrected chi connectivity index (χ4v) is 3.24. The summed E-state index contributed by atoms with van der Waals surface area (Å²) in [6.07, 6.45) is 6.59. The predicted molar refractivity (Wildman–Crippen MR) is 84.9 cm³/mol. The van der Waals surface area contributed by atoms with Crippen molar-refractivity contribution in [3.05, 3.63) is 42.2 Å². The highest BCUT2D eigenvalue weighted by Gasteiger charge is 2.32. The van der Waals surface area contributed by atoms with Gasteiger partial charge in [-0.15, -0.1) is 0 Å². The van der Waals surface area contributed by atoms with Crippen molar-refractivity contribution in [1.82, 2.24) is 10.3 Å². The average Bonchev–Trinajstić information content (AvgIpc) is 2.42. The minimum atomic E-state index is 0.711. The van der Waals surface area contributed by atoms with Gasteiger partial charge in [0.2, 0.25) is 0 Å². The van der Waals surface area contributed by atoms with Gasteiger partial charge in [-0.2, -0.15) is 0 Å². The van der Waals surface area contributed by atoms with E-state index in [1.165, 1.54) is 29.2 Å². The fourth-order valence-electron chi connectivity index (χ4n) is 3.24. The van der Waals surface area contributed by atoms with Gasteiger partial charge in [0.15, 0.2) is 0 Å². The number of hydrogen-bond acceptors (Lipinski definition) is 2.